The fraction of sp³-hybridized carbons (Fsp3) is 0.562. The zero-order valence-electron chi connectivity index (χ0n) is 13.1. The molecule has 1 N–H and O–H groups in total. The van der Waals surface area contributed by atoms with Gasteiger partial charge in [-0.25, -0.2) is 13.4 Å². The maximum atomic E-state index is 12.8. The smallest absolute Gasteiger partial charge is 0.203 e. The van der Waals surface area contributed by atoms with Crippen LogP contribution < -0.4 is 5.32 Å². The first-order valence-electron chi connectivity index (χ1n) is 7.78. The lowest BCUT2D eigenvalue weighted by atomic mass is 9.84. The van der Waals surface area contributed by atoms with Gasteiger partial charge in [0.1, 0.15) is 5.82 Å². The first-order chi connectivity index (χ1) is 10.5. The molecule has 120 valence electrons. The third-order valence-electron chi connectivity index (χ3n) is 4.69. The second-order valence-corrected chi connectivity index (χ2v) is 8.26. The summed E-state index contributed by atoms with van der Waals surface area (Å²) in [7, 11) is -1.58. The maximum Gasteiger partial charge on any atom is 0.203 e. The Morgan fingerprint density at radius 2 is 2.23 bits per heavy atom. The summed E-state index contributed by atoms with van der Waals surface area (Å²) in [5.41, 5.74) is 1.40. The highest BCUT2D eigenvalue weighted by Gasteiger charge is 2.33. The number of hydrogen-bond acceptors (Lipinski definition) is 4. The van der Waals surface area contributed by atoms with E-state index in [0.717, 1.165) is 31.8 Å². The predicted octanol–water partition coefficient (Wildman–Crippen LogP) is 1.76. The van der Waals surface area contributed by atoms with E-state index in [1.54, 1.807) is 10.8 Å². The Balaban J connectivity index is 1.83. The van der Waals surface area contributed by atoms with Gasteiger partial charge in [-0.3, -0.25) is 0 Å². The van der Waals surface area contributed by atoms with Gasteiger partial charge in [-0.1, -0.05) is 23.8 Å². The van der Waals surface area contributed by atoms with Crippen LogP contribution in [0.2, 0.25) is 0 Å². The molecule has 2 aliphatic rings. The number of sulfone groups is 1. The van der Waals surface area contributed by atoms with Gasteiger partial charge < -0.3 is 9.88 Å². The van der Waals surface area contributed by atoms with Crippen LogP contribution in [-0.4, -0.2) is 36.3 Å². The summed E-state index contributed by atoms with van der Waals surface area (Å²) in [5, 5.41) is 3.04. The molecule has 5 nitrogen and oxygen atoms in total. The van der Waals surface area contributed by atoms with Crippen molar-refractivity contribution in [2.75, 3.05) is 13.1 Å². The fourth-order valence-electron chi connectivity index (χ4n) is 3.21. The van der Waals surface area contributed by atoms with Crippen molar-refractivity contribution in [3.8, 4) is 0 Å². The molecule has 3 rings (SSSR count). The van der Waals surface area contributed by atoms with E-state index in [2.05, 4.69) is 16.4 Å². The summed E-state index contributed by atoms with van der Waals surface area (Å²) in [4.78, 5) is 4.21. The third kappa shape index (κ3) is 2.90. The number of nitrogens with zero attached hydrogens (tertiary/aromatic N) is 2. The molecule has 0 radical (unpaired) electrons. The summed E-state index contributed by atoms with van der Waals surface area (Å²) in [5.74, 6) is 1.06. The Labute approximate surface area is 132 Å². The number of allylic oxidation sites excluding steroid dienone is 1. The van der Waals surface area contributed by atoms with Crippen LogP contribution in [0.4, 0.5) is 0 Å². The summed E-state index contributed by atoms with van der Waals surface area (Å²) in [6.07, 6.45) is 10.3. The minimum absolute atomic E-state index is 0.196. The van der Waals surface area contributed by atoms with Crippen LogP contribution in [0.15, 0.2) is 35.0 Å². The molecule has 0 bridgehead atoms. The van der Waals surface area contributed by atoms with E-state index in [1.807, 2.05) is 26.1 Å². The van der Waals surface area contributed by atoms with Gasteiger partial charge in [-0.2, -0.15) is 0 Å². The summed E-state index contributed by atoms with van der Waals surface area (Å²) < 4.78 is 27.4. The topological polar surface area (TPSA) is 64.0 Å². The predicted molar refractivity (Wildman–Crippen MR) is 86.4 cm³/mol. The van der Waals surface area contributed by atoms with Crippen molar-refractivity contribution in [2.24, 2.45) is 13.0 Å². The number of rotatable bonds is 3. The second-order valence-electron chi connectivity index (χ2n) is 6.15. The zero-order valence-corrected chi connectivity index (χ0v) is 13.9. The Bertz CT molecular complexity index is 696. The molecule has 6 heteroatoms. The minimum Gasteiger partial charge on any atom is -0.337 e. The number of aryl methyl sites for hydroxylation is 2. The number of aromatic nitrogens is 2. The van der Waals surface area contributed by atoms with Crippen molar-refractivity contribution in [3.05, 3.63) is 35.8 Å². The summed E-state index contributed by atoms with van der Waals surface area (Å²) in [6, 6.07) is 0. The van der Waals surface area contributed by atoms with E-state index in [-0.39, 0.29) is 5.03 Å². The molecule has 1 aliphatic carbocycles. The van der Waals surface area contributed by atoms with E-state index in [0.29, 0.717) is 12.3 Å². The molecule has 22 heavy (non-hydrogen) atoms. The molecular weight excluding hydrogens is 298 g/mol. The van der Waals surface area contributed by atoms with Gasteiger partial charge in [0.2, 0.25) is 9.84 Å². The lowest BCUT2D eigenvalue weighted by Gasteiger charge is -2.28. The normalized spacial score (nSPS) is 26.0. The van der Waals surface area contributed by atoms with E-state index < -0.39 is 15.1 Å². The highest BCUT2D eigenvalue weighted by Crippen LogP contribution is 2.33. The van der Waals surface area contributed by atoms with Crippen molar-refractivity contribution < 1.29 is 8.42 Å². The number of hydrogen-bond donors (Lipinski definition) is 1. The highest BCUT2D eigenvalue weighted by atomic mass is 32.2. The SMILES string of the molecule is Cc1nc(S(=O)(=O)C2C=CCC(C3=CCNCC3)C2)cn1C. The largest absolute Gasteiger partial charge is 0.337 e. The van der Waals surface area contributed by atoms with Crippen molar-refractivity contribution in [1.29, 1.82) is 0 Å². The lowest BCUT2D eigenvalue weighted by Crippen LogP contribution is -2.29. The monoisotopic (exact) mass is 321 g/mol. The molecule has 1 aliphatic heterocycles. The average Bonchev–Trinajstić information content (AvgIpc) is 2.88. The van der Waals surface area contributed by atoms with Crippen LogP contribution in [0, 0.1) is 12.8 Å². The second kappa shape index (κ2) is 6.01. The Morgan fingerprint density at radius 1 is 1.41 bits per heavy atom. The first kappa shape index (κ1) is 15.5. The van der Waals surface area contributed by atoms with E-state index >= 15 is 0 Å². The number of imidazole rings is 1. The molecule has 1 aromatic heterocycles. The van der Waals surface area contributed by atoms with Crippen molar-refractivity contribution in [2.45, 2.75) is 36.5 Å². The molecular formula is C16H23N3O2S. The Hall–Kier alpha value is -1.40. The standard InChI is InChI=1S/C16H23N3O2S/c1-12-18-16(11-19(12)2)22(20,21)15-5-3-4-14(10-15)13-6-8-17-9-7-13/h3,5-6,11,14-15,17H,4,7-10H2,1-2H3. The maximum absolute atomic E-state index is 12.8. The van der Waals surface area contributed by atoms with Crippen molar-refractivity contribution in [3.63, 3.8) is 0 Å². The Morgan fingerprint density at radius 3 is 2.86 bits per heavy atom. The molecule has 0 saturated heterocycles. The quantitative estimate of drug-likeness (QED) is 0.862. The van der Waals surface area contributed by atoms with Crippen LogP contribution in [0.3, 0.4) is 0 Å². The molecule has 0 amide bonds. The van der Waals surface area contributed by atoms with Crippen LogP contribution in [0.25, 0.3) is 0 Å². The van der Waals surface area contributed by atoms with Gasteiger partial charge in [0.15, 0.2) is 5.03 Å². The molecule has 2 unspecified atom stereocenters. The fourth-order valence-corrected chi connectivity index (χ4v) is 4.89. The lowest BCUT2D eigenvalue weighted by molar-refractivity contribution is 0.500. The highest BCUT2D eigenvalue weighted by molar-refractivity contribution is 7.92. The van der Waals surface area contributed by atoms with E-state index in [1.165, 1.54) is 5.57 Å². The van der Waals surface area contributed by atoms with Crippen molar-refractivity contribution >= 4 is 9.84 Å². The van der Waals surface area contributed by atoms with E-state index in [9.17, 15) is 8.42 Å². The van der Waals surface area contributed by atoms with E-state index in [4.69, 9.17) is 0 Å². The zero-order chi connectivity index (χ0) is 15.7. The van der Waals surface area contributed by atoms with Gasteiger partial charge in [0.05, 0.1) is 5.25 Å². The van der Waals surface area contributed by atoms with Gasteiger partial charge >= 0.3 is 0 Å². The average molecular weight is 321 g/mol. The minimum atomic E-state index is -3.40. The molecule has 2 atom stereocenters. The van der Waals surface area contributed by atoms with Gasteiger partial charge in [-0.05, 0) is 38.6 Å². The summed E-state index contributed by atoms with van der Waals surface area (Å²) in [6.45, 7) is 3.70. The molecule has 0 fully saturated rings. The van der Waals surface area contributed by atoms with Gasteiger partial charge in [0.25, 0.3) is 0 Å². The molecule has 0 aromatic carbocycles. The van der Waals surface area contributed by atoms with Crippen LogP contribution >= 0.6 is 0 Å². The number of nitrogens with one attached hydrogen (secondary N) is 1. The molecule has 0 saturated carbocycles. The third-order valence-corrected chi connectivity index (χ3v) is 6.61. The molecule has 0 spiro atoms. The van der Waals surface area contributed by atoms with Crippen molar-refractivity contribution in [1.82, 2.24) is 14.9 Å². The molecule has 1 aromatic rings. The van der Waals surface area contributed by atoms with Gasteiger partial charge in [-0.15, -0.1) is 0 Å². The van der Waals surface area contributed by atoms with Crippen LogP contribution in [0.5, 0.6) is 0 Å². The van der Waals surface area contributed by atoms with Crippen LogP contribution in [-0.2, 0) is 16.9 Å². The van der Waals surface area contributed by atoms with Crippen LogP contribution in [0.1, 0.15) is 25.1 Å². The molecule has 2 heterocycles. The van der Waals surface area contributed by atoms with Gasteiger partial charge in [0, 0.05) is 19.8 Å². The Kier molecular flexibility index (Phi) is 4.23. The first-order valence-corrected chi connectivity index (χ1v) is 9.33. The summed E-state index contributed by atoms with van der Waals surface area (Å²) >= 11 is 0.